The number of fused-ring (bicyclic) bond motifs is 1. The monoisotopic (exact) mass is 395 g/mol. The summed E-state index contributed by atoms with van der Waals surface area (Å²) >= 11 is 0. The minimum atomic E-state index is -0.653. The summed E-state index contributed by atoms with van der Waals surface area (Å²) in [6.45, 7) is 9.52. The maximum Gasteiger partial charge on any atom is 0.434 e. The van der Waals surface area contributed by atoms with Crippen molar-refractivity contribution in [2.75, 3.05) is 26.4 Å². The van der Waals surface area contributed by atoms with Crippen molar-refractivity contribution in [2.45, 2.75) is 53.1 Å². The topological polar surface area (TPSA) is 91.4 Å². The highest BCUT2D eigenvalue weighted by Crippen LogP contribution is 2.37. The normalized spacial score (nSPS) is 20.0. The quantitative estimate of drug-likeness (QED) is 0.410. The second-order valence-electron chi connectivity index (χ2n) is 7.51. The van der Waals surface area contributed by atoms with Gasteiger partial charge in [0, 0.05) is 5.92 Å². The highest BCUT2D eigenvalue weighted by atomic mass is 16.7. The van der Waals surface area contributed by atoms with Crippen molar-refractivity contribution in [3.05, 3.63) is 22.8 Å². The van der Waals surface area contributed by atoms with E-state index in [9.17, 15) is 14.4 Å². The molecular formula is C20H29NO7. The summed E-state index contributed by atoms with van der Waals surface area (Å²) < 4.78 is 15.7. The van der Waals surface area contributed by atoms with Crippen LogP contribution in [-0.2, 0) is 28.6 Å². The first-order valence-corrected chi connectivity index (χ1v) is 9.57. The molecule has 0 spiro atoms. The lowest BCUT2D eigenvalue weighted by Crippen LogP contribution is -2.38. The number of rotatable bonds is 4. The average Bonchev–Trinajstić information content (AvgIpc) is 2.82. The number of hydrogen-bond acceptors (Lipinski definition) is 7. The third kappa shape index (κ3) is 5.34. The number of hydroxylamine groups is 2. The number of hydrogen-bond donors (Lipinski definition) is 0. The molecule has 1 heterocycles. The molecular weight excluding hydrogens is 366 g/mol. The molecule has 28 heavy (non-hydrogen) atoms. The van der Waals surface area contributed by atoms with Crippen LogP contribution in [0.1, 0.15) is 47.5 Å². The Morgan fingerprint density at radius 3 is 2.39 bits per heavy atom. The lowest BCUT2D eigenvalue weighted by molar-refractivity contribution is -0.142. The highest BCUT2D eigenvalue weighted by molar-refractivity contribution is 6.02. The van der Waals surface area contributed by atoms with E-state index in [1.165, 1.54) is 0 Å². The van der Waals surface area contributed by atoms with Gasteiger partial charge in [0.2, 0.25) is 0 Å². The molecule has 156 valence electrons. The van der Waals surface area contributed by atoms with Crippen LogP contribution >= 0.6 is 0 Å². The highest BCUT2D eigenvalue weighted by Gasteiger charge is 2.38. The summed E-state index contributed by atoms with van der Waals surface area (Å²) in [4.78, 5) is 43.0. The van der Waals surface area contributed by atoms with E-state index in [2.05, 4.69) is 0 Å². The van der Waals surface area contributed by atoms with Gasteiger partial charge in [-0.15, -0.1) is 0 Å². The van der Waals surface area contributed by atoms with Crippen LogP contribution < -0.4 is 0 Å². The number of allylic oxidation sites excluding steroid dienone is 1. The summed E-state index contributed by atoms with van der Waals surface area (Å²) in [6.07, 6.45) is 1.93. The van der Waals surface area contributed by atoms with E-state index < -0.39 is 23.6 Å². The van der Waals surface area contributed by atoms with Crippen LogP contribution in [0.3, 0.4) is 0 Å². The number of nitrogens with zero attached hydrogens (tertiary/aromatic N) is 1. The second-order valence-corrected chi connectivity index (χ2v) is 7.51. The smallest absolute Gasteiger partial charge is 0.434 e. The molecule has 0 radical (unpaired) electrons. The SMILES string of the molecule is CCOC(=O)C1=C(C(=O)OCC)C2CCON(C(=O)OC(C)(C)C)CC2=CC1. The molecule has 2 aliphatic rings. The zero-order chi connectivity index (χ0) is 20.9. The van der Waals surface area contributed by atoms with Crippen molar-refractivity contribution in [3.8, 4) is 0 Å². The van der Waals surface area contributed by atoms with Crippen LogP contribution in [0.2, 0.25) is 0 Å². The van der Waals surface area contributed by atoms with Crippen molar-refractivity contribution in [2.24, 2.45) is 5.92 Å². The predicted octanol–water partition coefficient (Wildman–Crippen LogP) is 2.93. The van der Waals surface area contributed by atoms with Crippen LogP contribution in [0.5, 0.6) is 0 Å². The van der Waals surface area contributed by atoms with E-state index in [1.54, 1.807) is 34.6 Å². The lowest BCUT2D eigenvalue weighted by atomic mass is 9.80. The summed E-state index contributed by atoms with van der Waals surface area (Å²) in [6, 6.07) is 0. The van der Waals surface area contributed by atoms with E-state index in [-0.39, 0.29) is 38.7 Å². The summed E-state index contributed by atoms with van der Waals surface area (Å²) in [5, 5.41) is 1.16. The molecule has 1 aliphatic heterocycles. The van der Waals surface area contributed by atoms with Crippen LogP contribution in [0.15, 0.2) is 22.8 Å². The van der Waals surface area contributed by atoms with Crippen LogP contribution in [0, 0.1) is 5.92 Å². The maximum absolute atomic E-state index is 12.6. The van der Waals surface area contributed by atoms with E-state index in [4.69, 9.17) is 19.0 Å². The van der Waals surface area contributed by atoms with Gasteiger partial charge in [0.15, 0.2) is 0 Å². The van der Waals surface area contributed by atoms with Gasteiger partial charge in [-0.05, 0) is 53.0 Å². The first kappa shape index (κ1) is 21.9. The van der Waals surface area contributed by atoms with Crippen molar-refractivity contribution in [3.63, 3.8) is 0 Å². The number of carbonyl (C=O) groups excluding carboxylic acids is 3. The van der Waals surface area contributed by atoms with Crippen molar-refractivity contribution >= 4 is 18.0 Å². The maximum atomic E-state index is 12.6. The van der Waals surface area contributed by atoms with Gasteiger partial charge in [-0.3, -0.25) is 4.84 Å². The van der Waals surface area contributed by atoms with E-state index in [1.807, 2.05) is 6.08 Å². The third-order valence-corrected chi connectivity index (χ3v) is 4.28. The fourth-order valence-corrected chi connectivity index (χ4v) is 3.19. The fraction of sp³-hybridized carbons (Fsp3) is 0.650. The van der Waals surface area contributed by atoms with Crippen molar-refractivity contribution < 1.29 is 33.4 Å². The van der Waals surface area contributed by atoms with Gasteiger partial charge in [0.05, 0.1) is 37.5 Å². The first-order chi connectivity index (χ1) is 13.2. The molecule has 8 nitrogen and oxygen atoms in total. The molecule has 1 amide bonds. The number of ether oxygens (including phenoxy) is 3. The molecule has 0 aromatic heterocycles. The van der Waals surface area contributed by atoms with E-state index in [0.717, 1.165) is 10.6 Å². The van der Waals surface area contributed by atoms with Gasteiger partial charge in [-0.25, -0.2) is 14.4 Å². The Labute approximate surface area is 165 Å². The molecule has 1 atom stereocenters. The molecule has 0 aromatic carbocycles. The summed E-state index contributed by atoms with van der Waals surface area (Å²) in [7, 11) is 0. The molecule has 1 fully saturated rings. The van der Waals surface area contributed by atoms with Crippen molar-refractivity contribution in [1.82, 2.24) is 5.06 Å². The Morgan fingerprint density at radius 2 is 1.79 bits per heavy atom. The van der Waals surface area contributed by atoms with Crippen molar-refractivity contribution in [1.29, 1.82) is 0 Å². The molecule has 0 aromatic rings. The molecule has 1 unspecified atom stereocenters. The Morgan fingerprint density at radius 1 is 1.14 bits per heavy atom. The van der Waals surface area contributed by atoms with Crippen LogP contribution in [-0.4, -0.2) is 55.1 Å². The molecule has 0 N–H and O–H groups in total. The Bertz CT molecular complexity index is 687. The standard InChI is InChI=1S/C20H29NO7/c1-6-25-17(22)15-9-8-13-12-21(19(24)28-20(3,4)5)27-11-10-14(13)16(15)18(23)26-7-2/h8,14H,6-7,9-12H2,1-5H3. The summed E-state index contributed by atoms with van der Waals surface area (Å²) in [5.41, 5.74) is 0.770. The Kier molecular flexibility index (Phi) is 7.23. The predicted molar refractivity (Wildman–Crippen MR) is 100.0 cm³/mol. The zero-order valence-electron chi connectivity index (χ0n) is 17.2. The van der Waals surface area contributed by atoms with Gasteiger partial charge < -0.3 is 14.2 Å². The molecule has 0 saturated carbocycles. The Hall–Kier alpha value is -2.35. The average molecular weight is 395 g/mol. The second kappa shape index (κ2) is 9.23. The third-order valence-electron chi connectivity index (χ3n) is 4.28. The minimum Gasteiger partial charge on any atom is -0.463 e. The summed E-state index contributed by atoms with van der Waals surface area (Å²) in [5.74, 6) is -1.43. The number of carbonyl (C=O) groups is 3. The van der Waals surface area contributed by atoms with Crippen LogP contribution in [0.4, 0.5) is 4.79 Å². The number of amides is 1. The van der Waals surface area contributed by atoms with Gasteiger partial charge in [0.1, 0.15) is 5.60 Å². The molecule has 2 rings (SSSR count). The number of esters is 2. The van der Waals surface area contributed by atoms with Crippen LogP contribution in [0.25, 0.3) is 0 Å². The van der Waals surface area contributed by atoms with E-state index >= 15 is 0 Å². The minimum absolute atomic E-state index is 0.151. The lowest BCUT2D eigenvalue weighted by Gasteiger charge is -2.28. The Balaban J connectivity index is 2.29. The molecule has 1 saturated heterocycles. The molecule has 8 heteroatoms. The largest absolute Gasteiger partial charge is 0.463 e. The van der Waals surface area contributed by atoms with Gasteiger partial charge >= 0.3 is 18.0 Å². The zero-order valence-corrected chi connectivity index (χ0v) is 17.2. The molecule has 1 aliphatic carbocycles. The van der Waals surface area contributed by atoms with Gasteiger partial charge in [0.25, 0.3) is 0 Å². The van der Waals surface area contributed by atoms with E-state index in [0.29, 0.717) is 17.6 Å². The van der Waals surface area contributed by atoms with Gasteiger partial charge in [-0.1, -0.05) is 6.08 Å². The van der Waals surface area contributed by atoms with Gasteiger partial charge in [-0.2, -0.15) is 5.06 Å². The first-order valence-electron chi connectivity index (χ1n) is 9.57. The fourth-order valence-electron chi connectivity index (χ4n) is 3.19. The molecule has 0 bridgehead atoms.